The Kier molecular flexibility index (Phi) is 5.60. The van der Waals surface area contributed by atoms with Crippen LogP contribution in [0, 0.1) is 0 Å². The Hall–Kier alpha value is -3.57. The molecule has 184 valence electrons. The first kappa shape index (κ1) is 22.9. The molecule has 2 aromatic carbocycles. The van der Waals surface area contributed by atoms with Crippen molar-refractivity contribution in [2.24, 2.45) is 4.99 Å². The summed E-state index contributed by atoms with van der Waals surface area (Å²) in [4.78, 5) is 31.9. The van der Waals surface area contributed by atoms with Gasteiger partial charge in [0, 0.05) is 4.47 Å². The first-order valence-electron chi connectivity index (χ1n) is 11.1. The second-order valence-electron chi connectivity index (χ2n) is 8.14. The van der Waals surface area contributed by atoms with Crippen LogP contribution in [0.25, 0.3) is 6.08 Å². The number of allylic oxidation sites excluding steroid dienone is 1. The van der Waals surface area contributed by atoms with Gasteiger partial charge in [0.25, 0.3) is 5.56 Å². The van der Waals surface area contributed by atoms with E-state index >= 15 is 0 Å². The van der Waals surface area contributed by atoms with Crippen LogP contribution in [0.1, 0.15) is 31.0 Å². The molecule has 9 nitrogen and oxygen atoms in total. The van der Waals surface area contributed by atoms with Gasteiger partial charge in [-0.15, -0.1) is 0 Å². The molecule has 1 aromatic heterocycles. The molecule has 1 atom stereocenters. The first-order valence-corrected chi connectivity index (χ1v) is 12.7. The number of fused-ring (bicyclic) bond motifs is 3. The van der Waals surface area contributed by atoms with E-state index in [1.807, 2.05) is 18.2 Å². The normalized spacial score (nSPS) is 17.8. The first-order chi connectivity index (χ1) is 17.4. The molecule has 0 amide bonds. The van der Waals surface area contributed by atoms with Crippen molar-refractivity contribution in [1.29, 1.82) is 0 Å². The summed E-state index contributed by atoms with van der Waals surface area (Å²) in [6.45, 7) is 3.95. The molecule has 0 saturated heterocycles. The molecule has 0 saturated carbocycles. The fourth-order valence-corrected chi connectivity index (χ4v) is 5.85. The molecule has 11 heteroatoms. The van der Waals surface area contributed by atoms with Gasteiger partial charge in [0.15, 0.2) is 27.8 Å². The van der Waals surface area contributed by atoms with Gasteiger partial charge in [0.2, 0.25) is 13.6 Å². The van der Waals surface area contributed by atoms with Gasteiger partial charge < -0.3 is 23.7 Å². The molecular formula is C25H19BrN2O7S. The zero-order chi connectivity index (χ0) is 25.0. The van der Waals surface area contributed by atoms with Gasteiger partial charge in [0.05, 0.1) is 28.5 Å². The third kappa shape index (κ3) is 3.70. The number of hydrogen-bond acceptors (Lipinski definition) is 9. The summed E-state index contributed by atoms with van der Waals surface area (Å²) < 4.78 is 30.0. The van der Waals surface area contributed by atoms with Crippen molar-refractivity contribution in [2.75, 3.05) is 20.2 Å². The van der Waals surface area contributed by atoms with Crippen LogP contribution in [0.3, 0.4) is 0 Å². The fourth-order valence-electron chi connectivity index (χ4n) is 4.37. The number of ether oxygens (including phenoxy) is 5. The van der Waals surface area contributed by atoms with E-state index in [1.54, 1.807) is 32.1 Å². The highest BCUT2D eigenvalue weighted by Crippen LogP contribution is 2.39. The Labute approximate surface area is 217 Å². The van der Waals surface area contributed by atoms with E-state index in [0.717, 1.165) is 10.0 Å². The quantitative estimate of drug-likeness (QED) is 0.445. The van der Waals surface area contributed by atoms with Crippen molar-refractivity contribution >= 4 is 39.3 Å². The maximum absolute atomic E-state index is 13.8. The van der Waals surface area contributed by atoms with Gasteiger partial charge in [-0.05, 0) is 55.3 Å². The smallest absolute Gasteiger partial charge is 0.338 e. The minimum Gasteiger partial charge on any atom is -0.463 e. The van der Waals surface area contributed by atoms with Crippen molar-refractivity contribution < 1.29 is 28.5 Å². The van der Waals surface area contributed by atoms with E-state index in [-0.39, 0.29) is 25.8 Å². The molecule has 3 aliphatic rings. The molecule has 0 radical (unpaired) electrons. The SMILES string of the molecule is CCOC(=O)C1=C(C)N=c2sc(=Cc3cc4c(cc3Br)OCO4)c(=O)n2C1c1ccc2c(c1)OCO2. The third-order valence-electron chi connectivity index (χ3n) is 6.01. The number of carbonyl (C=O) groups excluding carboxylic acids is 1. The van der Waals surface area contributed by atoms with Crippen molar-refractivity contribution in [3.05, 3.63) is 76.9 Å². The number of hydrogen-bond donors (Lipinski definition) is 0. The minimum absolute atomic E-state index is 0.117. The molecule has 6 rings (SSSR count). The topological polar surface area (TPSA) is 97.6 Å². The second-order valence-corrected chi connectivity index (χ2v) is 10.0. The number of rotatable bonds is 4. The van der Waals surface area contributed by atoms with Gasteiger partial charge >= 0.3 is 5.97 Å². The van der Waals surface area contributed by atoms with E-state index in [9.17, 15) is 9.59 Å². The Bertz CT molecular complexity index is 1640. The van der Waals surface area contributed by atoms with Gasteiger partial charge in [-0.2, -0.15) is 0 Å². The maximum Gasteiger partial charge on any atom is 0.338 e. The van der Waals surface area contributed by atoms with Crippen LogP contribution in [0.2, 0.25) is 0 Å². The molecule has 0 bridgehead atoms. The average Bonchev–Trinajstić information content (AvgIpc) is 3.57. The van der Waals surface area contributed by atoms with E-state index in [1.165, 1.54) is 15.9 Å². The number of nitrogens with zero attached hydrogens (tertiary/aromatic N) is 2. The van der Waals surface area contributed by atoms with Crippen LogP contribution in [-0.2, 0) is 9.53 Å². The molecule has 3 aliphatic heterocycles. The Balaban J connectivity index is 1.54. The summed E-state index contributed by atoms with van der Waals surface area (Å²) in [5.74, 6) is 1.89. The highest BCUT2D eigenvalue weighted by Gasteiger charge is 2.34. The standard InChI is InChI=1S/C25H19BrN2O7S/c1-3-31-24(30)21-12(2)27-25-28(22(21)13-4-5-16-17(6-13)33-10-32-16)23(29)20(36-25)8-14-7-18-19(9-15(14)26)35-11-34-18/h4-9,22H,3,10-11H2,1-2H3. The van der Waals surface area contributed by atoms with Crippen LogP contribution in [-0.4, -0.2) is 30.7 Å². The van der Waals surface area contributed by atoms with Crippen LogP contribution in [0.5, 0.6) is 23.0 Å². The zero-order valence-corrected chi connectivity index (χ0v) is 21.6. The van der Waals surface area contributed by atoms with Crippen molar-refractivity contribution in [1.82, 2.24) is 4.57 Å². The zero-order valence-electron chi connectivity index (χ0n) is 19.2. The molecule has 0 spiro atoms. The monoisotopic (exact) mass is 570 g/mol. The number of benzene rings is 2. The Morgan fingerprint density at radius 1 is 1.14 bits per heavy atom. The molecule has 3 aromatic rings. The lowest BCUT2D eigenvalue weighted by atomic mass is 9.95. The molecular weight excluding hydrogens is 552 g/mol. The number of aromatic nitrogens is 1. The van der Waals surface area contributed by atoms with Gasteiger partial charge in [-0.1, -0.05) is 33.3 Å². The predicted octanol–water partition coefficient (Wildman–Crippen LogP) is 3.02. The lowest BCUT2D eigenvalue weighted by molar-refractivity contribution is -0.139. The van der Waals surface area contributed by atoms with Crippen molar-refractivity contribution in [3.63, 3.8) is 0 Å². The van der Waals surface area contributed by atoms with Gasteiger partial charge in [-0.3, -0.25) is 9.36 Å². The lowest BCUT2D eigenvalue weighted by Gasteiger charge is -2.24. The second kappa shape index (κ2) is 8.82. The molecule has 1 unspecified atom stereocenters. The molecule has 0 N–H and O–H groups in total. The van der Waals surface area contributed by atoms with E-state index < -0.39 is 12.0 Å². The van der Waals surface area contributed by atoms with E-state index in [4.69, 9.17) is 23.7 Å². The highest BCUT2D eigenvalue weighted by molar-refractivity contribution is 9.10. The minimum atomic E-state index is -0.739. The number of thiazole rings is 1. The number of esters is 1. The third-order valence-corrected chi connectivity index (χ3v) is 7.68. The van der Waals surface area contributed by atoms with Gasteiger partial charge in [0.1, 0.15) is 0 Å². The predicted molar refractivity (Wildman–Crippen MR) is 133 cm³/mol. The average molecular weight is 571 g/mol. The summed E-state index contributed by atoms with van der Waals surface area (Å²) in [6.07, 6.45) is 1.77. The molecule has 0 fully saturated rings. The molecule has 4 heterocycles. The van der Waals surface area contributed by atoms with E-state index in [2.05, 4.69) is 20.9 Å². The molecule has 0 aliphatic carbocycles. The van der Waals surface area contributed by atoms with Crippen LogP contribution in [0.15, 0.2) is 55.9 Å². The maximum atomic E-state index is 13.8. The Morgan fingerprint density at radius 2 is 1.83 bits per heavy atom. The van der Waals surface area contributed by atoms with Crippen LogP contribution >= 0.6 is 27.3 Å². The summed E-state index contributed by atoms with van der Waals surface area (Å²) >= 11 is 4.79. The molecule has 36 heavy (non-hydrogen) atoms. The lowest BCUT2D eigenvalue weighted by Crippen LogP contribution is -2.39. The van der Waals surface area contributed by atoms with Crippen molar-refractivity contribution in [2.45, 2.75) is 19.9 Å². The highest BCUT2D eigenvalue weighted by atomic mass is 79.9. The van der Waals surface area contributed by atoms with Gasteiger partial charge in [-0.25, -0.2) is 9.79 Å². The summed E-state index contributed by atoms with van der Waals surface area (Å²) in [5, 5.41) is 0. The number of halogens is 1. The van der Waals surface area contributed by atoms with Crippen LogP contribution < -0.4 is 33.8 Å². The van der Waals surface area contributed by atoms with Crippen molar-refractivity contribution in [3.8, 4) is 23.0 Å². The number of carbonyl (C=O) groups is 1. The summed E-state index contributed by atoms with van der Waals surface area (Å²) in [6, 6.07) is 8.27. The summed E-state index contributed by atoms with van der Waals surface area (Å²) in [5.41, 5.74) is 1.96. The van der Waals surface area contributed by atoms with Crippen LogP contribution in [0.4, 0.5) is 0 Å². The summed E-state index contributed by atoms with van der Waals surface area (Å²) in [7, 11) is 0. The largest absolute Gasteiger partial charge is 0.463 e. The Morgan fingerprint density at radius 3 is 2.58 bits per heavy atom. The van der Waals surface area contributed by atoms with E-state index in [0.29, 0.717) is 49.2 Å². The fraction of sp³-hybridized carbons (Fsp3) is 0.240.